The van der Waals surface area contributed by atoms with Crippen LogP contribution in [-0.2, 0) is 0 Å². The lowest BCUT2D eigenvalue weighted by Crippen LogP contribution is -2.07. The van der Waals surface area contributed by atoms with Gasteiger partial charge < -0.3 is 20.7 Å². The SMILES string of the molecule is COc1ccc([C@H](O)CCN)c(Br)c1O. The molecule has 0 saturated heterocycles. The minimum absolute atomic E-state index is 0.00827. The summed E-state index contributed by atoms with van der Waals surface area (Å²) in [6.45, 7) is 0.389. The monoisotopic (exact) mass is 275 g/mol. The van der Waals surface area contributed by atoms with Gasteiger partial charge in [-0.1, -0.05) is 6.07 Å². The van der Waals surface area contributed by atoms with Gasteiger partial charge in [0.2, 0.25) is 0 Å². The maximum atomic E-state index is 9.73. The zero-order chi connectivity index (χ0) is 11.4. The lowest BCUT2D eigenvalue weighted by Gasteiger charge is -2.14. The van der Waals surface area contributed by atoms with Gasteiger partial charge in [0.1, 0.15) is 0 Å². The smallest absolute Gasteiger partial charge is 0.172 e. The summed E-state index contributed by atoms with van der Waals surface area (Å²) >= 11 is 3.21. The van der Waals surface area contributed by atoms with Crippen molar-refractivity contribution in [1.82, 2.24) is 0 Å². The Labute approximate surface area is 96.8 Å². The molecule has 0 spiro atoms. The lowest BCUT2D eigenvalue weighted by molar-refractivity contribution is 0.169. The molecule has 0 aliphatic heterocycles. The third-order valence-electron chi connectivity index (χ3n) is 2.13. The van der Waals surface area contributed by atoms with Crippen LogP contribution in [0.5, 0.6) is 11.5 Å². The number of phenols is 1. The molecule has 84 valence electrons. The van der Waals surface area contributed by atoms with Crippen molar-refractivity contribution in [2.75, 3.05) is 13.7 Å². The number of halogens is 1. The quantitative estimate of drug-likeness (QED) is 0.779. The summed E-state index contributed by atoms with van der Waals surface area (Å²) in [6, 6.07) is 3.30. The van der Waals surface area contributed by atoms with E-state index >= 15 is 0 Å². The molecular formula is C10H14BrNO3. The summed E-state index contributed by atoms with van der Waals surface area (Å²) in [7, 11) is 1.47. The number of benzene rings is 1. The van der Waals surface area contributed by atoms with Gasteiger partial charge in [-0.15, -0.1) is 0 Å². The topological polar surface area (TPSA) is 75.7 Å². The zero-order valence-corrected chi connectivity index (χ0v) is 9.99. The van der Waals surface area contributed by atoms with Gasteiger partial charge in [0.15, 0.2) is 11.5 Å². The number of rotatable bonds is 4. The number of hydrogen-bond acceptors (Lipinski definition) is 4. The highest BCUT2D eigenvalue weighted by atomic mass is 79.9. The zero-order valence-electron chi connectivity index (χ0n) is 8.40. The van der Waals surface area contributed by atoms with Crippen LogP contribution in [-0.4, -0.2) is 23.9 Å². The van der Waals surface area contributed by atoms with E-state index in [1.165, 1.54) is 7.11 Å². The molecule has 0 radical (unpaired) electrons. The Hall–Kier alpha value is -0.780. The maximum Gasteiger partial charge on any atom is 0.172 e. The Morgan fingerprint density at radius 1 is 1.53 bits per heavy atom. The molecule has 0 heterocycles. The molecule has 0 saturated carbocycles. The molecule has 1 aromatic rings. The Morgan fingerprint density at radius 2 is 2.20 bits per heavy atom. The first-order valence-electron chi connectivity index (χ1n) is 4.55. The van der Waals surface area contributed by atoms with Crippen molar-refractivity contribution in [1.29, 1.82) is 0 Å². The summed E-state index contributed by atoms with van der Waals surface area (Å²) in [5.41, 5.74) is 5.96. The van der Waals surface area contributed by atoms with Crippen LogP contribution in [0.1, 0.15) is 18.1 Å². The van der Waals surface area contributed by atoms with Crippen molar-refractivity contribution in [3.05, 3.63) is 22.2 Å². The minimum atomic E-state index is -0.679. The van der Waals surface area contributed by atoms with E-state index in [1.54, 1.807) is 12.1 Å². The van der Waals surface area contributed by atoms with E-state index in [9.17, 15) is 10.2 Å². The molecule has 0 fully saturated rings. The van der Waals surface area contributed by atoms with E-state index in [-0.39, 0.29) is 5.75 Å². The summed E-state index contributed by atoms with van der Waals surface area (Å²) < 4.78 is 5.38. The molecule has 15 heavy (non-hydrogen) atoms. The maximum absolute atomic E-state index is 9.73. The highest BCUT2D eigenvalue weighted by molar-refractivity contribution is 9.10. The number of hydrogen-bond donors (Lipinski definition) is 3. The third-order valence-corrected chi connectivity index (χ3v) is 2.96. The molecule has 0 amide bonds. The van der Waals surface area contributed by atoms with Crippen LogP contribution in [0.25, 0.3) is 0 Å². The number of aliphatic hydroxyl groups is 1. The fourth-order valence-corrected chi connectivity index (χ4v) is 1.89. The molecule has 1 rings (SSSR count). The van der Waals surface area contributed by atoms with Crippen molar-refractivity contribution in [3.63, 3.8) is 0 Å². The number of ether oxygens (including phenoxy) is 1. The van der Waals surface area contributed by atoms with Crippen LogP contribution in [0.2, 0.25) is 0 Å². The first-order valence-corrected chi connectivity index (χ1v) is 5.34. The first kappa shape index (κ1) is 12.3. The number of aromatic hydroxyl groups is 1. The van der Waals surface area contributed by atoms with Crippen molar-refractivity contribution >= 4 is 15.9 Å². The van der Waals surface area contributed by atoms with Crippen LogP contribution in [0, 0.1) is 0 Å². The molecule has 1 aromatic carbocycles. The molecule has 0 aromatic heterocycles. The number of phenolic OH excluding ortho intramolecular Hbond substituents is 1. The average Bonchev–Trinajstić information content (AvgIpc) is 2.22. The molecular weight excluding hydrogens is 262 g/mol. The Bertz CT molecular complexity index is 344. The fourth-order valence-electron chi connectivity index (χ4n) is 1.30. The molecule has 0 aliphatic rings. The number of methoxy groups -OCH3 is 1. The van der Waals surface area contributed by atoms with Crippen molar-refractivity contribution in [2.24, 2.45) is 5.73 Å². The minimum Gasteiger partial charge on any atom is -0.503 e. The van der Waals surface area contributed by atoms with Crippen LogP contribution in [0.3, 0.4) is 0 Å². The predicted octanol–water partition coefficient (Wildman–Crippen LogP) is 1.55. The van der Waals surface area contributed by atoms with Crippen LogP contribution in [0.4, 0.5) is 0 Å². The normalized spacial score (nSPS) is 12.5. The van der Waals surface area contributed by atoms with Gasteiger partial charge in [0.25, 0.3) is 0 Å². The Kier molecular flexibility index (Phi) is 4.38. The van der Waals surface area contributed by atoms with E-state index in [4.69, 9.17) is 10.5 Å². The van der Waals surface area contributed by atoms with Crippen molar-refractivity contribution in [2.45, 2.75) is 12.5 Å². The summed E-state index contributed by atoms with van der Waals surface area (Å²) in [5, 5.41) is 19.4. The molecule has 0 unspecified atom stereocenters. The largest absolute Gasteiger partial charge is 0.503 e. The first-order chi connectivity index (χ1) is 7.11. The van der Waals surface area contributed by atoms with Gasteiger partial charge in [0, 0.05) is 0 Å². The molecule has 5 heteroatoms. The van der Waals surface area contributed by atoms with Gasteiger partial charge in [-0.25, -0.2) is 0 Å². The average molecular weight is 276 g/mol. The standard InChI is InChI=1S/C10H14BrNO3/c1-15-8-3-2-6(7(13)4-5-12)9(11)10(8)14/h2-3,7,13-14H,4-5,12H2,1H3/t7-/m1/s1. The summed E-state index contributed by atoms with van der Waals surface area (Å²) in [6.07, 6.45) is -0.231. The second-order valence-corrected chi connectivity index (χ2v) is 3.91. The Morgan fingerprint density at radius 3 is 2.73 bits per heavy atom. The summed E-state index contributed by atoms with van der Waals surface area (Å²) in [4.78, 5) is 0. The van der Waals surface area contributed by atoms with Gasteiger partial charge in [-0.3, -0.25) is 0 Å². The Balaban J connectivity index is 3.06. The van der Waals surface area contributed by atoms with E-state index < -0.39 is 6.10 Å². The molecule has 1 atom stereocenters. The van der Waals surface area contributed by atoms with E-state index in [2.05, 4.69) is 15.9 Å². The molecule has 0 aliphatic carbocycles. The fraction of sp³-hybridized carbons (Fsp3) is 0.400. The van der Waals surface area contributed by atoms with Gasteiger partial charge in [-0.2, -0.15) is 0 Å². The highest BCUT2D eigenvalue weighted by Gasteiger charge is 2.16. The van der Waals surface area contributed by atoms with Crippen molar-refractivity contribution < 1.29 is 14.9 Å². The molecule has 0 bridgehead atoms. The van der Waals surface area contributed by atoms with E-state index in [1.807, 2.05) is 0 Å². The molecule has 4 N–H and O–H groups in total. The van der Waals surface area contributed by atoms with E-state index in [0.717, 1.165) is 0 Å². The highest BCUT2D eigenvalue weighted by Crippen LogP contribution is 2.39. The second kappa shape index (κ2) is 5.34. The number of nitrogens with two attached hydrogens (primary N) is 1. The van der Waals surface area contributed by atoms with Gasteiger partial charge in [0.05, 0.1) is 17.7 Å². The van der Waals surface area contributed by atoms with Gasteiger partial charge >= 0.3 is 0 Å². The predicted molar refractivity (Wildman–Crippen MR) is 61.0 cm³/mol. The number of aliphatic hydroxyl groups excluding tert-OH is 1. The van der Waals surface area contributed by atoms with Gasteiger partial charge in [-0.05, 0) is 40.5 Å². The summed E-state index contributed by atoms with van der Waals surface area (Å²) in [5.74, 6) is 0.358. The van der Waals surface area contributed by atoms with Crippen molar-refractivity contribution in [3.8, 4) is 11.5 Å². The van der Waals surface area contributed by atoms with Crippen LogP contribution in [0.15, 0.2) is 16.6 Å². The second-order valence-electron chi connectivity index (χ2n) is 3.11. The van der Waals surface area contributed by atoms with Crippen LogP contribution >= 0.6 is 15.9 Å². The molecule has 4 nitrogen and oxygen atoms in total. The lowest BCUT2D eigenvalue weighted by atomic mass is 10.1. The third kappa shape index (κ3) is 2.62. The van der Waals surface area contributed by atoms with E-state index in [0.29, 0.717) is 28.8 Å². The van der Waals surface area contributed by atoms with Crippen LogP contribution < -0.4 is 10.5 Å².